The largest absolute Gasteiger partial charge is 0.383 e. The Morgan fingerprint density at radius 1 is 1.03 bits per heavy atom. The van der Waals surface area contributed by atoms with Crippen molar-refractivity contribution in [3.63, 3.8) is 0 Å². The van der Waals surface area contributed by atoms with Gasteiger partial charge in [0, 0.05) is 66.7 Å². The van der Waals surface area contributed by atoms with E-state index in [4.69, 9.17) is 5.10 Å². The van der Waals surface area contributed by atoms with Gasteiger partial charge < -0.3 is 10.6 Å². The SMILES string of the molecule is O=C(C=Cc1cn(Cc2ccccc2)nc1-c1cccnc1)NCCNc1ccc([N+](=O)[O-])cc1. The van der Waals surface area contributed by atoms with Gasteiger partial charge in [-0.25, -0.2) is 0 Å². The van der Waals surface area contributed by atoms with Crippen molar-refractivity contribution in [1.82, 2.24) is 20.1 Å². The van der Waals surface area contributed by atoms with Crippen molar-refractivity contribution in [3.8, 4) is 11.3 Å². The number of hydrogen-bond donors (Lipinski definition) is 2. The van der Waals surface area contributed by atoms with Crippen LogP contribution in [0, 0.1) is 10.1 Å². The van der Waals surface area contributed by atoms with E-state index in [9.17, 15) is 14.9 Å². The maximum Gasteiger partial charge on any atom is 0.269 e. The lowest BCUT2D eigenvalue weighted by atomic mass is 10.1. The number of carbonyl (C=O) groups excluding carboxylic acids is 1. The van der Waals surface area contributed by atoms with Crippen molar-refractivity contribution in [2.75, 3.05) is 18.4 Å². The first-order valence-corrected chi connectivity index (χ1v) is 11.0. The van der Waals surface area contributed by atoms with E-state index in [0.717, 1.165) is 28.1 Å². The van der Waals surface area contributed by atoms with Gasteiger partial charge in [-0.05, 0) is 35.9 Å². The van der Waals surface area contributed by atoms with E-state index in [2.05, 4.69) is 15.6 Å². The van der Waals surface area contributed by atoms with Gasteiger partial charge in [0.15, 0.2) is 0 Å². The van der Waals surface area contributed by atoms with Crippen molar-refractivity contribution in [2.45, 2.75) is 6.54 Å². The minimum absolute atomic E-state index is 0.0340. The quantitative estimate of drug-likeness (QED) is 0.156. The molecule has 0 aliphatic rings. The third kappa shape index (κ3) is 6.61. The van der Waals surface area contributed by atoms with Gasteiger partial charge in [-0.1, -0.05) is 30.3 Å². The van der Waals surface area contributed by atoms with Crippen LogP contribution in [0.5, 0.6) is 0 Å². The van der Waals surface area contributed by atoms with E-state index >= 15 is 0 Å². The fourth-order valence-electron chi connectivity index (χ4n) is 3.46. The van der Waals surface area contributed by atoms with Crippen LogP contribution in [-0.2, 0) is 11.3 Å². The summed E-state index contributed by atoms with van der Waals surface area (Å²) in [6, 6.07) is 19.9. The zero-order valence-corrected chi connectivity index (χ0v) is 18.9. The molecule has 0 aliphatic carbocycles. The zero-order chi connectivity index (χ0) is 24.5. The number of nitrogens with zero attached hydrogens (tertiary/aromatic N) is 4. The topological polar surface area (TPSA) is 115 Å². The lowest BCUT2D eigenvalue weighted by molar-refractivity contribution is -0.384. The molecule has 0 saturated heterocycles. The van der Waals surface area contributed by atoms with Crippen molar-refractivity contribution >= 4 is 23.4 Å². The third-order valence-electron chi connectivity index (χ3n) is 5.16. The Hall–Kier alpha value is -4.79. The van der Waals surface area contributed by atoms with Gasteiger partial charge in [0.2, 0.25) is 5.91 Å². The number of anilines is 1. The molecular weight excluding hydrogens is 444 g/mol. The molecule has 0 fully saturated rings. The van der Waals surface area contributed by atoms with E-state index in [0.29, 0.717) is 19.6 Å². The number of benzene rings is 2. The third-order valence-corrected chi connectivity index (χ3v) is 5.16. The molecule has 2 N–H and O–H groups in total. The van der Waals surface area contributed by atoms with E-state index in [-0.39, 0.29) is 11.6 Å². The Labute approximate surface area is 202 Å². The van der Waals surface area contributed by atoms with Gasteiger partial charge in [0.05, 0.1) is 11.5 Å². The summed E-state index contributed by atoms with van der Waals surface area (Å²) < 4.78 is 1.85. The molecule has 4 aromatic rings. The van der Waals surface area contributed by atoms with Crippen LogP contribution in [0.1, 0.15) is 11.1 Å². The molecule has 1 amide bonds. The van der Waals surface area contributed by atoms with Crippen LogP contribution in [0.25, 0.3) is 17.3 Å². The van der Waals surface area contributed by atoms with E-state index in [1.165, 1.54) is 18.2 Å². The number of nitrogens with one attached hydrogen (secondary N) is 2. The van der Waals surface area contributed by atoms with E-state index < -0.39 is 4.92 Å². The number of nitro groups is 1. The molecule has 0 spiro atoms. The first-order valence-electron chi connectivity index (χ1n) is 11.0. The molecule has 2 heterocycles. The van der Waals surface area contributed by atoms with Crippen molar-refractivity contribution in [3.05, 3.63) is 113 Å². The molecule has 9 heteroatoms. The average molecular weight is 469 g/mol. The number of amides is 1. The lowest BCUT2D eigenvalue weighted by Gasteiger charge is -2.06. The summed E-state index contributed by atoms with van der Waals surface area (Å²) in [5.74, 6) is -0.233. The summed E-state index contributed by atoms with van der Waals surface area (Å²) in [7, 11) is 0. The molecule has 0 atom stereocenters. The predicted molar refractivity (Wildman–Crippen MR) is 135 cm³/mol. The minimum atomic E-state index is -0.443. The summed E-state index contributed by atoms with van der Waals surface area (Å²) in [6.45, 7) is 1.48. The molecule has 9 nitrogen and oxygen atoms in total. The summed E-state index contributed by atoms with van der Waals surface area (Å²) in [5, 5.41) is 21.4. The second-order valence-electron chi connectivity index (χ2n) is 7.71. The monoisotopic (exact) mass is 468 g/mol. The van der Waals surface area contributed by atoms with Crippen molar-refractivity contribution in [1.29, 1.82) is 0 Å². The van der Waals surface area contributed by atoms with Crippen LogP contribution in [0.3, 0.4) is 0 Å². The van der Waals surface area contributed by atoms with Gasteiger partial charge >= 0.3 is 0 Å². The van der Waals surface area contributed by atoms with Crippen LogP contribution in [0.15, 0.2) is 91.4 Å². The van der Waals surface area contributed by atoms with Crippen LogP contribution in [-0.4, -0.2) is 38.7 Å². The highest BCUT2D eigenvalue weighted by molar-refractivity contribution is 5.92. The van der Waals surface area contributed by atoms with Crippen LogP contribution >= 0.6 is 0 Å². The normalized spacial score (nSPS) is 10.9. The summed E-state index contributed by atoms with van der Waals surface area (Å²) in [6.07, 6.45) is 8.59. The highest BCUT2D eigenvalue weighted by Gasteiger charge is 2.10. The van der Waals surface area contributed by atoms with E-state index in [1.54, 1.807) is 30.6 Å². The second-order valence-corrected chi connectivity index (χ2v) is 7.71. The van der Waals surface area contributed by atoms with Gasteiger partial charge in [-0.3, -0.25) is 24.6 Å². The molecule has 0 radical (unpaired) electrons. The first-order chi connectivity index (χ1) is 17.1. The molecule has 2 aromatic heterocycles. The second kappa shape index (κ2) is 11.4. The van der Waals surface area contributed by atoms with Crippen LogP contribution in [0.4, 0.5) is 11.4 Å². The summed E-state index contributed by atoms with van der Waals surface area (Å²) in [4.78, 5) is 26.8. The van der Waals surface area contributed by atoms with Gasteiger partial charge in [0.1, 0.15) is 5.69 Å². The molecule has 0 aliphatic heterocycles. The Kier molecular flexibility index (Phi) is 7.59. The Morgan fingerprint density at radius 2 is 1.83 bits per heavy atom. The number of carbonyl (C=O) groups is 1. The smallest absolute Gasteiger partial charge is 0.269 e. The standard InChI is InChI=1S/C26H24N6O3/c33-25(29-16-15-28-23-9-11-24(12-10-23)32(34)35)13-8-22-19-31(18-20-5-2-1-3-6-20)30-26(22)21-7-4-14-27-17-21/h1-14,17,19,28H,15-16,18H2,(H,29,33). The molecule has 0 bridgehead atoms. The van der Waals surface area contributed by atoms with Crippen molar-refractivity contribution < 1.29 is 9.72 Å². The van der Waals surface area contributed by atoms with Gasteiger partial charge in [-0.15, -0.1) is 0 Å². The maximum absolute atomic E-state index is 12.4. The number of hydrogen-bond acceptors (Lipinski definition) is 6. The summed E-state index contributed by atoms with van der Waals surface area (Å²) >= 11 is 0. The molecule has 176 valence electrons. The molecule has 0 unspecified atom stereocenters. The fourth-order valence-corrected chi connectivity index (χ4v) is 3.46. The lowest BCUT2D eigenvalue weighted by Crippen LogP contribution is -2.27. The highest BCUT2D eigenvalue weighted by Crippen LogP contribution is 2.23. The Bertz CT molecular complexity index is 1300. The minimum Gasteiger partial charge on any atom is -0.383 e. The number of rotatable bonds is 10. The molecular formula is C26H24N6O3. The van der Waals surface area contributed by atoms with E-state index in [1.807, 2.05) is 53.3 Å². The molecule has 35 heavy (non-hydrogen) atoms. The number of pyridine rings is 1. The number of non-ortho nitro benzene ring substituents is 1. The zero-order valence-electron chi connectivity index (χ0n) is 18.9. The predicted octanol–water partition coefficient (Wildman–Crippen LogP) is 4.14. The first kappa shape index (κ1) is 23.4. The molecule has 0 saturated carbocycles. The fraction of sp³-hybridized carbons (Fsp3) is 0.115. The van der Waals surface area contributed by atoms with Crippen LogP contribution in [0.2, 0.25) is 0 Å². The Balaban J connectivity index is 1.36. The van der Waals surface area contributed by atoms with Crippen molar-refractivity contribution in [2.24, 2.45) is 0 Å². The van der Waals surface area contributed by atoms with Crippen LogP contribution < -0.4 is 10.6 Å². The molecule has 4 rings (SSSR count). The summed E-state index contributed by atoms with van der Waals surface area (Å²) in [5.41, 5.74) is 4.33. The van der Waals surface area contributed by atoms with Gasteiger partial charge in [-0.2, -0.15) is 5.10 Å². The van der Waals surface area contributed by atoms with Gasteiger partial charge in [0.25, 0.3) is 5.69 Å². The highest BCUT2D eigenvalue weighted by atomic mass is 16.6. The maximum atomic E-state index is 12.4. The average Bonchev–Trinajstić information content (AvgIpc) is 3.29. The number of nitro benzene ring substituents is 1. The Morgan fingerprint density at radius 3 is 2.54 bits per heavy atom. The molecule has 2 aromatic carbocycles. The number of aromatic nitrogens is 3.